The third kappa shape index (κ3) is 4.73. The van der Waals surface area contributed by atoms with E-state index in [2.05, 4.69) is 4.90 Å². The van der Waals surface area contributed by atoms with Crippen LogP contribution < -0.4 is 9.47 Å². The lowest BCUT2D eigenvalue weighted by molar-refractivity contribution is 0.0668. The van der Waals surface area contributed by atoms with Gasteiger partial charge in [-0.3, -0.25) is 9.29 Å². The lowest BCUT2D eigenvalue weighted by Gasteiger charge is -2.37. The predicted octanol–water partition coefficient (Wildman–Crippen LogP) is 6.01. The Morgan fingerprint density at radius 3 is 2.49 bits per heavy atom. The summed E-state index contributed by atoms with van der Waals surface area (Å²) in [5.74, 6) is -0.315. The van der Waals surface area contributed by atoms with E-state index in [0.717, 1.165) is 36.8 Å². The van der Waals surface area contributed by atoms with Gasteiger partial charge in [-0.05, 0) is 66.1 Å². The van der Waals surface area contributed by atoms with Crippen LogP contribution in [0, 0.1) is 17.6 Å². The van der Waals surface area contributed by atoms with Crippen molar-refractivity contribution in [3.8, 4) is 17.2 Å². The summed E-state index contributed by atoms with van der Waals surface area (Å²) in [4.78, 5) is 2.16. The Kier molecular flexibility index (Phi) is 6.43. The summed E-state index contributed by atoms with van der Waals surface area (Å²) in [5, 5.41) is 9.99. The SMILES string of the molecule is CC1=C(c2ccc(F)c(F)c2)[C@H](c2ccc(OCCN3CC(CF)C3)cc2)Oc2ccc(O)cc21. The molecule has 2 aliphatic rings. The first-order chi connectivity index (χ1) is 16.9. The highest BCUT2D eigenvalue weighted by atomic mass is 19.2. The van der Waals surface area contributed by atoms with Crippen LogP contribution in [0.5, 0.6) is 17.2 Å². The number of aromatic hydroxyl groups is 1. The molecular weight excluding hydrogens is 455 g/mol. The van der Waals surface area contributed by atoms with E-state index in [1.807, 2.05) is 31.2 Å². The zero-order valence-electron chi connectivity index (χ0n) is 19.3. The van der Waals surface area contributed by atoms with Gasteiger partial charge in [0.2, 0.25) is 0 Å². The lowest BCUT2D eigenvalue weighted by atomic mass is 9.86. The number of allylic oxidation sites excluding steroid dienone is 1. The van der Waals surface area contributed by atoms with E-state index in [-0.39, 0.29) is 18.3 Å². The zero-order chi connectivity index (χ0) is 24.5. The Hall–Kier alpha value is -3.45. The van der Waals surface area contributed by atoms with Crippen molar-refractivity contribution < 1.29 is 27.8 Å². The minimum absolute atomic E-state index is 0.0923. The minimum Gasteiger partial charge on any atom is -0.508 e. The maximum Gasteiger partial charge on any atom is 0.159 e. The number of nitrogens with zero attached hydrogens (tertiary/aromatic N) is 1. The molecule has 1 N–H and O–H groups in total. The molecule has 182 valence electrons. The van der Waals surface area contributed by atoms with Gasteiger partial charge in [-0.1, -0.05) is 18.2 Å². The van der Waals surface area contributed by atoms with Gasteiger partial charge in [0.15, 0.2) is 11.6 Å². The maximum absolute atomic E-state index is 14.1. The average molecular weight is 482 g/mol. The number of phenols is 1. The zero-order valence-corrected chi connectivity index (χ0v) is 19.3. The fourth-order valence-electron chi connectivity index (χ4n) is 4.70. The number of rotatable bonds is 7. The fourth-order valence-corrected chi connectivity index (χ4v) is 4.70. The van der Waals surface area contributed by atoms with Crippen LogP contribution in [0.15, 0.2) is 60.7 Å². The molecule has 35 heavy (non-hydrogen) atoms. The molecule has 2 aliphatic heterocycles. The standard InChI is InChI=1S/C28H26F3NO3/c1-17-23-13-21(33)5-9-26(23)35-28(27(17)20-4-8-24(30)25(31)12-20)19-2-6-22(7-3-19)34-11-10-32-15-18(14-29)16-32/h2-9,12-13,18,28,33H,10-11,14-16H2,1H3/t28-/m0/s1. The van der Waals surface area contributed by atoms with E-state index >= 15 is 0 Å². The van der Waals surface area contributed by atoms with Crippen LogP contribution in [0.2, 0.25) is 0 Å². The third-order valence-corrected chi connectivity index (χ3v) is 6.62. The number of hydrogen-bond acceptors (Lipinski definition) is 4. The first-order valence-corrected chi connectivity index (χ1v) is 11.6. The molecule has 0 unspecified atom stereocenters. The van der Waals surface area contributed by atoms with Gasteiger partial charge < -0.3 is 14.6 Å². The molecule has 4 nitrogen and oxygen atoms in total. The molecule has 1 atom stereocenters. The molecule has 3 aromatic rings. The number of likely N-dealkylation sites (tertiary alicyclic amines) is 1. The van der Waals surface area contributed by atoms with Crippen LogP contribution in [-0.4, -0.2) is 42.9 Å². The molecule has 1 fully saturated rings. The molecule has 2 heterocycles. The van der Waals surface area contributed by atoms with Gasteiger partial charge in [0.25, 0.3) is 0 Å². The molecule has 5 rings (SSSR count). The largest absolute Gasteiger partial charge is 0.508 e. The topological polar surface area (TPSA) is 41.9 Å². The number of alkyl halides is 1. The van der Waals surface area contributed by atoms with Crippen molar-refractivity contribution in [2.75, 3.05) is 32.9 Å². The lowest BCUT2D eigenvalue weighted by Crippen LogP contribution is -2.49. The predicted molar refractivity (Wildman–Crippen MR) is 128 cm³/mol. The summed E-state index contributed by atoms with van der Waals surface area (Å²) >= 11 is 0. The van der Waals surface area contributed by atoms with Crippen molar-refractivity contribution in [2.45, 2.75) is 13.0 Å². The van der Waals surface area contributed by atoms with E-state index in [4.69, 9.17) is 9.47 Å². The van der Waals surface area contributed by atoms with Gasteiger partial charge in [0, 0.05) is 36.7 Å². The first kappa shape index (κ1) is 23.3. The van der Waals surface area contributed by atoms with Crippen LogP contribution in [0.1, 0.15) is 29.7 Å². The number of ether oxygens (including phenoxy) is 2. The molecule has 0 radical (unpaired) electrons. The molecule has 3 aromatic carbocycles. The van der Waals surface area contributed by atoms with Crippen molar-refractivity contribution in [3.05, 3.63) is 89.0 Å². The molecule has 0 amide bonds. The highest BCUT2D eigenvalue weighted by molar-refractivity contribution is 5.95. The molecule has 0 saturated carbocycles. The molecular formula is C28H26F3NO3. The monoisotopic (exact) mass is 481 g/mol. The molecule has 0 spiro atoms. The number of phenolic OH excluding ortho intramolecular Hbond substituents is 1. The van der Waals surface area contributed by atoms with Crippen LogP contribution in [0.25, 0.3) is 11.1 Å². The Bertz CT molecular complexity index is 1250. The molecule has 7 heteroatoms. The van der Waals surface area contributed by atoms with E-state index in [9.17, 15) is 18.3 Å². The smallest absolute Gasteiger partial charge is 0.159 e. The second-order valence-electron chi connectivity index (χ2n) is 9.04. The number of hydrogen-bond donors (Lipinski definition) is 1. The molecule has 0 bridgehead atoms. The summed E-state index contributed by atoms with van der Waals surface area (Å²) < 4.78 is 52.5. The number of fused-ring (bicyclic) bond motifs is 1. The fraction of sp³-hybridized carbons (Fsp3) is 0.286. The van der Waals surface area contributed by atoms with Gasteiger partial charge in [0.1, 0.15) is 30.0 Å². The Balaban J connectivity index is 1.40. The Morgan fingerprint density at radius 2 is 1.77 bits per heavy atom. The second kappa shape index (κ2) is 9.66. The number of benzene rings is 3. The normalized spacial score (nSPS) is 18.1. The summed E-state index contributed by atoms with van der Waals surface area (Å²) in [6.07, 6.45) is -0.565. The summed E-state index contributed by atoms with van der Waals surface area (Å²) in [6, 6.07) is 16.1. The van der Waals surface area contributed by atoms with E-state index < -0.39 is 17.7 Å². The minimum atomic E-state index is -0.938. The third-order valence-electron chi connectivity index (χ3n) is 6.62. The van der Waals surface area contributed by atoms with Crippen LogP contribution in [-0.2, 0) is 0 Å². The first-order valence-electron chi connectivity index (χ1n) is 11.6. The van der Waals surface area contributed by atoms with Crippen LogP contribution >= 0.6 is 0 Å². The quantitative estimate of drug-likeness (QED) is 0.449. The summed E-state index contributed by atoms with van der Waals surface area (Å²) in [5.41, 5.74) is 3.52. The van der Waals surface area contributed by atoms with Crippen molar-refractivity contribution >= 4 is 11.1 Å². The Morgan fingerprint density at radius 1 is 1.00 bits per heavy atom. The summed E-state index contributed by atoms with van der Waals surface area (Å²) in [7, 11) is 0. The van der Waals surface area contributed by atoms with E-state index in [1.54, 1.807) is 18.2 Å². The molecule has 0 aromatic heterocycles. The Labute approximate surface area is 202 Å². The van der Waals surface area contributed by atoms with Crippen molar-refractivity contribution in [1.29, 1.82) is 0 Å². The average Bonchev–Trinajstić information content (AvgIpc) is 2.83. The van der Waals surface area contributed by atoms with Crippen molar-refractivity contribution in [3.63, 3.8) is 0 Å². The van der Waals surface area contributed by atoms with Crippen molar-refractivity contribution in [1.82, 2.24) is 4.90 Å². The molecule has 0 aliphatic carbocycles. The van der Waals surface area contributed by atoms with Gasteiger partial charge >= 0.3 is 0 Å². The second-order valence-corrected chi connectivity index (χ2v) is 9.04. The molecule has 1 saturated heterocycles. The van der Waals surface area contributed by atoms with Crippen LogP contribution in [0.4, 0.5) is 13.2 Å². The van der Waals surface area contributed by atoms with E-state index in [1.165, 1.54) is 12.1 Å². The van der Waals surface area contributed by atoms with Gasteiger partial charge in [-0.2, -0.15) is 0 Å². The van der Waals surface area contributed by atoms with Crippen LogP contribution in [0.3, 0.4) is 0 Å². The van der Waals surface area contributed by atoms with Gasteiger partial charge in [0.05, 0.1) is 6.67 Å². The maximum atomic E-state index is 14.1. The highest BCUT2D eigenvalue weighted by Gasteiger charge is 2.30. The van der Waals surface area contributed by atoms with E-state index in [0.29, 0.717) is 34.8 Å². The van der Waals surface area contributed by atoms with Gasteiger partial charge in [-0.25, -0.2) is 8.78 Å². The van der Waals surface area contributed by atoms with Gasteiger partial charge in [-0.15, -0.1) is 0 Å². The number of halogens is 3. The van der Waals surface area contributed by atoms with Crippen molar-refractivity contribution in [2.24, 2.45) is 5.92 Å². The summed E-state index contributed by atoms with van der Waals surface area (Å²) in [6.45, 7) is 4.41. The highest BCUT2D eigenvalue weighted by Crippen LogP contribution is 2.47.